The molecule has 1 N–H and O–H groups in total. The predicted molar refractivity (Wildman–Crippen MR) is 189 cm³/mol. The number of rotatable bonds is 35. The third-order valence-corrected chi connectivity index (χ3v) is 8.77. The van der Waals surface area contributed by atoms with E-state index in [1.807, 2.05) is 0 Å². The van der Waals surface area contributed by atoms with Crippen LogP contribution in [0.25, 0.3) is 0 Å². The molecule has 0 spiro atoms. The van der Waals surface area contributed by atoms with Crippen molar-refractivity contribution in [3.63, 3.8) is 0 Å². The Morgan fingerprint density at radius 1 is 0.444 bits per heavy atom. The van der Waals surface area contributed by atoms with Gasteiger partial charge in [0.15, 0.2) is 0 Å². The molecule has 0 aliphatic carbocycles. The minimum Gasteiger partial charge on any atom is -0.466 e. The first-order valence-electron chi connectivity index (χ1n) is 19.7. The van der Waals surface area contributed by atoms with Gasteiger partial charge >= 0.3 is 11.9 Å². The quantitative estimate of drug-likeness (QED) is 0.0552. The van der Waals surface area contributed by atoms with Crippen LogP contribution >= 0.6 is 0 Å². The molecule has 0 bridgehead atoms. The summed E-state index contributed by atoms with van der Waals surface area (Å²) in [5.41, 5.74) is 0. The summed E-state index contributed by atoms with van der Waals surface area (Å²) in [7, 11) is 0. The lowest BCUT2D eigenvalue weighted by molar-refractivity contribution is -0.149. The van der Waals surface area contributed by atoms with Crippen LogP contribution in [0.2, 0.25) is 0 Å². The molecule has 0 aromatic heterocycles. The molecule has 6 nitrogen and oxygen atoms in total. The summed E-state index contributed by atoms with van der Waals surface area (Å²) in [5.74, 6) is -0.877. The highest BCUT2D eigenvalue weighted by Gasteiger charge is 2.23. The van der Waals surface area contributed by atoms with E-state index < -0.39 is 12.0 Å². The van der Waals surface area contributed by atoms with Crippen molar-refractivity contribution < 1.29 is 23.9 Å². The van der Waals surface area contributed by atoms with E-state index in [1.54, 1.807) is 0 Å². The van der Waals surface area contributed by atoms with Crippen LogP contribution < -0.4 is 5.32 Å². The molecular weight excluding hydrogens is 562 g/mol. The van der Waals surface area contributed by atoms with Crippen LogP contribution in [-0.4, -0.2) is 37.1 Å². The van der Waals surface area contributed by atoms with Crippen molar-refractivity contribution in [1.82, 2.24) is 5.32 Å². The molecule has 0 unspecified atom stereocenters. The first-order chi connectivity index (χ1) is 22.0. The maximum absolute atomic E-state index is 12.8. The van der Waals surface area contributed by atoms with Crippen LogP contribution in [0.3, 0.4) is 0 Å². The van der Waals surface area contributed by atoms with Gasteiger partial charge in [0.1, 0.15) is 6.04 Å². The summed E-state index contributed by atoms with van der Waals surface area (Å²) in [5, 5.41) is 2.87. The Balaban J connectivity index is 4.22. The lowest BCUT2D eigenvalue weighted by atomic mass is 10.0. The summed E-state index contributed by atoms with van der Waals surface area (Å²) in [6.45, 7) is 7.44. The first kappa shape index (κ1) is 43.4. The molecule has 0 aromatic carbocycles. The molecular formula is C39H75NO5. The third-order valence-electron chi connectivity index (χ3n) is 8.77. The Bertz CT molecular complexity index is 668. The zero-order valence-electron chi connectivity index (χ0n) is 30.2. The van der Waals surface area contributed by atoms with E-state index in [4.69, 9.17) is 9.47 Å². The van der Waals surface area contributed by atoms with Gasteiger partial charge in [0, 0.05) is 12.8 Å². The molecule has 1 amide bonds. The zero-order chi connectivity index (χ0) is 33.1. The Kier molecular flexibility index (Phi) is 34.0. The van der Waals surface area contributed by atoms with Crippen molar-refractivity contribution in [3.8, 4) is 0 Å². The van der Waals surface area contributed by atoms with Gasteiger partial charge in [-0.05, 0) is 25.7 Å². The topological polar surface area (TPSA) is 81.7 Å². The van der Waals surface area contributed by atoms with Gasteiger partial charge in [0.2, 0.25) is 5.91 Å². The molecule has 0 radical (unpaired) electrons. The summed E-state index contributed by atoms with van der Waals surface area (Å²) in [4.78, 5) is 37.9. The van der Waals surface area contributed by atoms with Crippen LogP contribution in [0, 0.1) is 0 Å². The number of carbonyl (C=O) groups excluding carboxylic acids is 3. The molecule has 0 aliphatic rings. The van der Waals surface area contributed by atoms with E-state index in [9.17, 15) is 14.4 Å². The minimum atomic E-state index is -0.796. The number of amides is 1. The van der Waals surface area contributed by atoms with Crippen LogP contribution in [0.15, 0.2) is 0 Å². The van der Waals surface area contributed by atoms with Crippen molar-refractivity contribution in [1.29, 1.82) is 0 Å². The molecule has 0 aromatic rings. The fourth-order valence-corrected chi connectivity index (χ4v) is 5.73. The molecule has 0 heterocycles. The van der Waals surface area contributed by atoms with Gasteiger partial charge < -0.3 is 14.8 Å². The minimum absolute atomic E-state index is 0.103. The van der Waals surface area contributed by atoms with Crippen molar-refractivity contribution in [2.75, 3.05) is 13.2 Å². The van der Waals surface area contributed by atoms with Gasteiger partial charge in [0.25, 0.3) is 0 Å². The van der Waals surface area contributed by atoms with Crippen LogP contribution in [0.5, 0.6) is 0 Å². The summed E-state index contributed by atoms with van der Waals surface area (Å²) < 4.78 is 10.9. The van der Waals surface area contributed by atoms with Gasteiger partial charge in [0.05, 0.1) is 13.2 Å². The molecule has 45 heavy (non-hydrogen) atoms. The average Bonchev–Trinajstić information content (AvgIpc) is 3.03. The first-order valence-corrected chi connectivity index (χ1v) is 19.7. The normalized spacial score (nSPS) is 11.8. The Morgan fingerprint density at radius 3 is 1.22 bits per heavy atom. The Morgan fingerprint density at radius 2 is 0.800 bits per heavy atom. The smallest absolute Gasteiger partial charge is 0.328 e. The molecule has 0 saturated heterocycles. The summed E-state index contributed by atoms with van der Waals surface area (Å²) in [6, 6.07) is -0.796. The van der Waals surface area contributed by atoms with Crippen molar-refractivity contribution in [2.45, 2.75) is 219 Å². The largest absolute Gasteiger partial charge is 0.466 e. The number of esters is 2. The molecule has 0 fully saturated rings. The fourth-order valence-electron chi connectivity index (χ4n) is 5.73. The van der Waals surface area contributed by atoms with Crippen molar-refractivity contribution in [3.05, 3.63) is 0 Å². The lowest BCUT2D eigenvalue weighted by Crippen LogP contribution is -2.42. The van der Waals surface area contributed by atoms with E-state index >= 15 is 0 Å². The average molecular weight is 638 g/mol. The van der Waals surface area contributed by atoms with Gasteiger partial charge in [-0.15, -0.1) is 0 Å². The second-order valence-electron chi connectivity index (χ2n) is 13.3. The molecule has 266 valence electrons. The summed E-state index contributed by atoms with van der Waals surface area (Å²) in [6.07, 6.45) is 33.4. The number of nitrogens with one attached hydrogen (secondary N) is 1. The zero-order valence-corrected chi connectivity index (χ0v) is 30.2. The van der Waals surface area contributed by atoms with Gasteiger partial charge in [-0.25, -0.2) is 4.79 Å². The number of ether oxygens (including phenoxy) is 2. The standard InChI is InChI=1S/C39H75NO5/c1-4-7-10-13-16-17-18-19-20-21-22-23-24-25-28-31-37(41)40-36(39(43)45-35-30-27-15-12-9-6-3)32-33-38(42)44-34-29-26-14-11-8-5-2/h36H,4-35H2,1-3H3,(H,40,41)/t36-/m0/s1. The van der Waals surface area contributed by atoms with Crippen LogP contribution in [0.1, 0.15) is 213 Å². The molecule has 0 rings (SSSR count). The second-order valence-corrected chi connectivity index (χ2v) is 13.3. The molecule has 0 aliphatic heterocycles. The van der Waals surface area contributed by atoms with Crippen LogP contribution in [0.4, 0.5) is 0 Å². The molecule has 6 heteroatoms. The number of carbonyl (C=O) groups is 3. The second kappa shape index (κ2) is 35.3. The Hall–Kier alpha value is -1.59. The van der Waals surface area contributed by atoms with Gasteiger partial charge in [-0.2, -0.15) is 0 Å². The van der Waals surface area contributed by atoms with Gasteiger partial charge in [-0.1, -0.05) is 175 Å². The SMILES string of the molecule is CCCCCCCCCCCCCCCCCC(=O)N[C@@H](CCC(=O)OCCCCCCCC)C(=O)OCCCCCCCC. The third kappa shape index (κ3) is 32.2. The number of unbranched alkanes of at least 4 members (excludes halogenated alkanes) is 24. The maximum Gasteiger partial charge on any atom is 0.328 e. The highest BCUT2D eigenvalue weighted by atomic mass is 16.5. The maximum atomic E-state index is 12.8. The van der Waals surface area contributed by atoms with E-state index in [2.05, 4.69) is 26.1 Å². The number of hydrogen-bond acceptors (Lipinski definition) is 5. The summed E-state index contributed by atoms with van der Waals surface area (Å²) >= 11 is 0. The van der Waals surface area contributed by atoms with Crippen LogP contribution in [-0.2, 0) is 23.9 Å². The van der Waals surface area contributed by atoms with E-state index in [-0.39, 0.29) is 24.7 Å². The Labute approximate surface area is 279 Å². The van der Waals surface area contributed by atoms with Gasteiger partial charge in [-0.3, -0.25) is 9.59 Å². The highest BCUT2D eigenvalue weighted by Crippen LogP contribution is 2.14. The number of hydrogen-bond donors (Lipinski definition) is 1. The van der Waals surface area contributed by atoms with E-state index in [1.165, 1.54) is 122 Å². The van der Waals surface area contributed by atoms with Crippen molar-refractivity contribution >= 4 is 17.8 Å². The highest BCUT2D eigenvalue weighted by molar-refractivity contribution is 5.85. The molecule has 0 saturated carbocycles. The monoisotopic (exact) mass is 638 g/mol. The van der Waals surface area contributed by atoms with E-state index in [0.29, 0.717) is 19.6 Å². The van der Waals surface area contributed by atoms with Crippen molar-refractivity contribution in [2.24, 2.45) is 0 Å². The lowest BCUT2D eigenvalue weighted by Gasteiger charge is -2.18. The molecule has 1 atom stereocenters. The fraction of sp³-hybridized carbons (Fsp3) is 0.923. The van der Waals surface area contributed by atoms with E-state index in [0.717, 1.165) is 51.4 Å². The predicted octanol–water partition coefficient (Wildman–Crippen LogP) is 11.3.